The minimum Gasteiger partial charge on any atom is -0.387 e. The number of thiophene rings is 1. The van der Waals surface area contributed by atoms with E-state index < -0.39 is 6.10 Å². The number of aromatic nitrogens is 2. The average molecular weight is 370 g/mol. The Labute approximate surface area is 156 Å². The summed E-state index contributed by atoms with van der Waals surface area (Å²) in [4.78, 5) is 19.7. The molecule has 6 nitrogen and oxygen atoms in total. The van der Waals surface area contributed by atoms with Crippen LogP contribution in [0.5, 0.6) is 0 Å². The summed E-state index contributed by atoms with van der Waals surface area (Å²) in [5, 5.41) is 15.4. The Bertz CT molecular complexity index is 898. The smallest absolute Gasteiger partial charge is 0.321 e. The van der Waals surface area contributed by atoms with E-state index in [1.807, 2.05) is 52.2 Å². The summed E-state index contributed by atoms with van der Waals surface area (Å²) in [7, 11) is 1.95. The van der Waals surface area contributed by atoms with E-state index in [4.69, 9.17) is 0 Å². The fourth-order valence-corrected chi connectivity index (χ4v) is 4.33. The highest BCUT2D eigenvalue weighted by Crippen LogP contribution is 2.33. The first kappa shape index (κ1) is 17.1. The van der Waals surface area contributed by atoms with Crippen molar-refractivity contribution in [2.45, 2.75) is 18.9 Å². The van der Waals surface area contributed by atoms with Crippen LogP contribution >= 0.6 is 11.3 Å². The second-order valence-electron chi connectivity index (χ2n) is 6.77. The number of aryl methyl sites for hydroxylation is 1. The van der Waals surface area contributed by atoms with Gasteiger partial charge >= 0.3 is 6.03 Å². The summed E-state index contributed by atoms with van der Waals surface area (Å²) in [5.41, 5.74) is 2.65. The Balaban J connectivity index is 1.35. The molecule has 26 heavy (non-hydrogen) atoms. The SMILES string of the molecule is Cn1cnc2cc(NC(=O)N3CCC([C@H](O)c4cccs4)CC3)ccc21. The second-order valence-corrected chi connectivity index (χ2v) is 7.75. The number of imidazole rings is 1. The molecule has 3 heterocycles. The van der Waals surface area contributed by atoms with Crippen LogP contribution in [0.2, 0.25) is 0 Å². The number of aliphatic hydroxyl groups excluding tert-OH is 1. The molecule has 1 saturated heterocycles. The molecule has 4 rings (SSSR count). The molecule has 0 saturated carbocycles. The molecule has 1 aliphatic rings. The number of fused-ring (bicyclic) bond motifs is 1. The van der Waals surface area contributed by atoms with Gasteiger partial charge in [0.1, 0.15) is 0 Å². The van der Waals surface area contributed by atoms with Gasteiger partial charge in [0.2, 0.25) is 0 Å². The first-order chi connectivity index (χ1) is 12.6. The van der Waals surface area contributed by atoms with Crippen molar-refractivity contribution in [3.05, 3.63) is 46.9 Å². The molecular formula is C19H22N4O2S. The van der Waals surface area contributed by atoms with E-state index in [1.165, 1.54) is 0 Å². The zero-order valence-electron chi connectivity index (χ0n) is 14.6. The predicted molar refractivity (Wildman–Crippen MR) is 103 cm³/mol. The van der Waals surface area contributed by atoms with Crippen molar-refractivity contribution < 1.29 is 9.90 Å². The molecule has 136 valence electrons. The summed E-state index contributed by atoms with van der Waals surface area (Å²) in [6.07, 6.45) is 2.96. The summed E-state index contributed by atoms with van der Waals surface area (Å²) < 4.78 is 1.95. The number of hydrogen-bond acceptors (Lipinski definition) is 4. The summed E-state index contributed by atoms with van der Waals surface area (Å²) >= 11 is 1.59. The van der Waals surface area contributed by atoms with Crippen molar-refractivity contribution >= 4 is 34.1 Å². The molecule has 7 heteroatoms. The predicted octanol–water partition coefficient (Wildman–Crippen LogP) is 3.61. The normalized spacial score (nSPS) is 16.8. The lowest BCUT2D eigenvalue weighted by Crippen LogP contribution is -2.42. The number of likely N-dealkylation sites (tertiary alicyclic amines) is 1. The molecule has 0 bridgehead atoms. The maximum Gasteiger partial charge on any atom is 0.321 e. The quantitative estimate of drug-likeness (QED) is 0.740. The Morgan fingerprint density at radius 1 is 1.35 bits per heavy atom. The van der Waals surface area contributed by atoms with Crippen molar-refractivity contribution in [3.8, 4) is 0 Å². The van der Waals surface area contributed by atoms with E-state index >= 15 is 0 Å². The highest BCUT2D eigenvalue weighted by Gasteiger charge is 2.28. The fourth-order valence-electron chi connectivity index (χ4n) is 3.53. The maximum absolute atomic E-state index is 12.5. The van der Waals surface area contributed by atoms with E-state index in [1.54, 1.807) is 17.7 Å². The highest BCUT2D eigenvalue weighted by molar-refractivity contribution is 7.10. The van der Waals surface area contributed by atoms with Crippen LogP contribution in [0.1, 0.15) is 23.8 Å². The standard InChI is InChI=1S/C19H22N4O2S/c1-22-12-20-15-11-14(4-5-16(15)22)21-19(25)23-8-6-13(7-9-23)18(24)17-3-2-10-26-17/h2-5,10-13,18,24H,6-9H2,1H3,(H,21,25)/t18-/m0/s1. The summed E-state index contributed by atoms with van der Waals surface area (Å²) in [6, 6.07) is 9.59. The molecular weight excluding hydrogens is 348 g/mol. The number of urea groups is 1. The van der Waals surface area contributed by atoms with Gasteiger partial charge in [0.05, 0.1) is 23.5 Å². The van der Waals surface area contributed by atoms with Gasteiger partial charge in [-0.05, 0) is 48.4 Å². The monoisotopic (exact) mass is 370 g/mol. The number of hydrogen-bond donors (Lipinski definition) is 2. The zero-order chi connectivity index (χ0) is 18.1. The number of rotatable bonds is 3. The van der Waals surface area contributed by atoms with Crippen LogP contribution in [-0.2, 0) is 7.05 Å². The van der Waals surface area contributed by atoms with Crippen molar-refractivity contribution in [1.82, 2.24) is 14.5 Å². The van der Waals surface area contributed by atoms with Gasteiger partial charge in [-0.3, -0.25) is 0 Å². The van der Waals surface area contributed by atoms with E-state index in [0.717, 1.165) is 34.4 Å². The molecule has 0 radical (unpaired) electrons. The van der Waals surface area contributed by atoms with Crippen LogP contribution in [0.3, 0.4) is 0 Å². The van der Waals surface area contributed by atoms with Crippen molar-refractivity contribution in [2.75, 3.05) is 18.4 Å². The van der Waals surface area contributed by atoms with Gasteiger partial charge < -0.3 is 19.9 Å². The maximum atomic E-state index is 12.5. The Hall–Kier alpha value is -2.38. The molecule has 2 aromatic heterocycles. The average Bonchev–Trinajstić information content (AvgIpc) is 3.32. The molecule has 0 spiro atoms. The number of aliphatic hydroxyl groups is 1. The van der Waals surface area contributed by atoms with Gasteiger partial charge in [-0.1, -0.05) is 6.07 Å². The first-order valence-electron chi connectivity index (χ1n) is 8.80. The van der Waals surface area contributed by atoms with Crippen LogP contribution in [0.15, 0.2) is 42.0 Å². The second kappa shape index (κ2) is 7.09. The highest BCUT2D eigenvalue weighted by atomic mass is 32.1. The third-order valence-electron chi connectivity index (χ3n) is 5.08. The van der Waals surface area contributed by atoms with Gasteiger partial charge in [-0.2, -0.15) is 0 Å². The Morgan fingerprint density at radius 2 is 2.15 bits per heavy atom. The zero-order valence-corrected chi connectivity index (χ0v) is 15.4. The number of amides is 2. The van der Waals surface area contributed by atoms with Crippen LogP contribution in [0, 0.1) is 5.92 Å². The van der Waals surface area contributed by atoms with Crippen LogP contribution < -0.4 is 5.32 Å². The molecule has 1 aliphatic heterocycles. The number of piperidine rings is 1. The number of anilines is 1. The lowest BCUT2D eigenvalue weighted by atomic mass is 9.90. The summed E-state index contributed by atoms with van der Waals surface area (Å²) in [6.45, 7) is 1.32. The first-order valence-corrected chi connectivity index (χ1v) is 9.68. The lowest BCUT2D eigenvalue weighted by Gasteiger charge is -2.34. The number of benzene rings is 1. The number of nitrogens with one attached hydrogen (secondary N) is 1. The molecule has 2 amide bonds. The molecule has 0 aliphatic carbocycles. The van der Waals surface area contributed by atoms with Crippen LogP contribution in [0.4, 0.5) is 10.5 Å². The van der Waals surface area contributed by atoms with E-state index in [9.17, 15) is 9.90 Å². The van der Waals surface area contributed by atoms with Gasteiger partial charge in [0.25, 0.3) is 0 Å². The van der Waals surface area contributed by atoms with Gasteiger partial charge in [0.15, 0.2) is 0 Å². The topological polar surface area (TPSA) is 70.4 Å². The molecule has 2 N–H and O–H groups in total. The van der Waals surface area contributed by atoms with Crippen molar-refractivity contribution in [2.24, 2.45) is 13.0 Å². The minimum absolute atomic E-state index is 0.0932. The van der Waals surface area contributed by atoms with E-state index in [-0.39, 0.29) is 11.9 Å². The van der Waals surface area contributed by atoms with Gasteiger partial charge in [-0.15, -0.1) is 11.3 Å². The number of carbonyl (C=O) groups is 1. The fraction of sp³-hybridized carbons (Fsp3) is 0.368. The minimum atomic E-state index is -0.424. The molecule has 1 fully saturated rings. The lowest BCUT2D eigenvalue weighted by molar-refractivity contribution is 0.0708. The number of nitrogens with zero attached hydrogens (tertiary/aromatic N) is 3. The van der Waals surface area contributed by atoms with Crippen molar-refractivity contribution in [3.63, 3.8) is 0 Å². The van der Waals surface area contributed by atoms with Gasteiger partial charge in [-0.25, -0.2) is 9.78 Å². The van der Waals surface area contributed by atoms with Gasteiger partial charge in [0, 0.05) is 30.7 Å². The van der Waals surface area contributed by atoms with E-state index in [2.05, 4.69) is 10.3 Å². The van der Waals surface area contributed by atoms with Crippen molar-refractivity contribution in [1.29, 1.82) is 0 Å². The van der Waals surface area contributed by atoms with Crippen LogP contribution in [-0.4, -0.2) is 38.7 Å². The molecule has 0 unspecified atom stereocenters. The number of carbonyl (C=O) groups excluding carboxylic acids is 1. The Morgan fingerprint density at radius 3 is 2.88 bits per heavy atom. The molecule has 1 aromatic carbocycles. The van der Waals surface area contributed by atoms with E-state index in [0.29, 0.717) is 13.1 Å². The third-order valence-corrected chi connectivity index (χ3v) is 6.03. The molecule has 3 aromatic rings. The largest absolute Gasteiger partial charge is 0.387 e. The third kappa shape index (κ3) is 3.32. The Kier molecular flexibility index (Phi) is 4.65. The summed E-state index contributed by atoms with van der Waals surface area (Å²) in [5.74, 6) is 0.211. The molecule has 1 atom stereocenters. The van der Waals surface area contributed by atoms with Crippen LogP contribution in [0.25, 0.3) is 11.0 Å².